The van der Waals surface area contributed by atoms with Crippen molar-refractivity contribution >= 4 is 25.8 Å². The summed E-state index contributed by atoms with van der Waals surface area (Å²) in [6, 6.07) is 11.5. The fourth-order valence-electron chi connectivity index (χ4n) is 1.80. The zero-order valence-corrected chi connectivity index (χ0v) is 12.6. The molecule has 0 N–H and O–H groups in total. The van der Waals surface area contributed by atoms with Crippen LogP contribution in [0.3, 0.4) is 0 Å². The lowest BCUT2D eigenvalue weighted by Crippen LogP contribution is -2.03. The number of hydrogen-bond donors (Lipinski definition) is 0. The van der Waals surface area contributed by atoms with Gasteiger partial charge in [-0.2, -0.15) is 13.2 Å². The van der Waals surface area contributed by atoms with Crippen LogP contribution in [-0.4, -0.2) is 8.42 Å². The molecular formula is C15H10ClF3O2S. The number of halogens is 4. The summed E-state index contributed by atoms with van der Waals surface area (Å²) >= 11 is 0. The van der Waals surface area contributed by atoms with Crippen LogP contribution < -0.4 is 0 Å². The molecule has 7 heteroatoms. The van der Waals surface area contributed by atoms with Crippen molar-refractivity contribution < 1.29 is 21.6 Å². The molecule has 0 atom stereocenters. The van der Waals surface area contributed by atoms with Gasteiger partial charge in [-0.25, -0.2) is 8.42 Å². The van der Waals surface area contributed by atoms with Crippen molar-refractivity contribution in [3.8, 4) is 11.1 Å². The minimum absolute atomic E-state index is 0.611. The van der Waals surface area contributed by atoms with Crippen molar-refractivity contribution in [3.05, 3.63) is 65.1 Å². The Labute approximate surface area is 130 Å². The van der Waals surface area contributed by atoms with E-state index >= 15 is 0 Å². The van der Waals surface area contributed by atoms with E-state index in [0.29, 0.717) is 11.1 Å². The van der Waals surface area contributed by atoms with Crippen LogP contribution in [0.4, 0.5) is 13.2 Å². The Bertz CT molecular complexity index is 777. The van der Waals surface area contributed by atoms with Crippen LogP contribution in [-0.2, 0) is 15.2 Å². The zero-order chi connectivity index (χ0) is 16.4. The third kappa shape index (κ3) is 4.61. The summed E-state index contributed by atoms with van der Waals surface area (Å²) < 4.78 is 59.1. The molecule has 0 radical (unpaired) electrons. The van der Waals surface area contributed by atoms with Gasteiger partial charge >= 0.3 is 6.18 Å². The SMILES string of the molecule is O=S(=O)(Cl)/C=C/c1ccc(-c2ccc(C(F)(F)F)cc2)cc1. The zero-order valence-electron chi connectivity index (χ0n) is 11.0. The Morgan fingerprint density at radius 1 is 0.864 bits per heavy atom. The molecule has 0 bridgehead atoms. The molecule has 2 aromatic rings. The average Bonchev–Trinajstić information content (AvgIpc) is 2.44. The van der Waals surface area contributed by atoms with E-state index in [-0.39, 0.29) is 0 Å². The first-order valence-corrected chi connectivity index (χ1v) is 8.43. The molecule has 0 aliphatic heterocycles. The van der Waals surface area contributed by atoms with Gasteiger partial charge in [-0.1, -0.05) is 36.4 Å². The minimum Gasteiger partial charge on any atom is -0.208 e. The monoisotopic (exact) mass is 346 g/mol. The molecule has 22 heavy (non-hydrogen) atoms. The fourth-order valence-corrected chi connectivity index (χ4v) is 2.27. The molecule has 0 aliphatic carbocycles. The van der Waals surface area contributed by atoms with Crippen molar-refractivity contribution in [1.29, 1.82) is 0 Å². The molecule has 0 fully saturated rings. The van der Waals surface area contributed by atoms with Crippen molar-refractivity contribution in [1.82, 2.24) is 0 Å². The predicted molar refractivity (Wildman–Crippen MR) is 80.7 cm³/mol. The lowest BCUT2D eigenvalue weighted by molar-refractivity contribution is -0.137. The summed E-state index contributed by atoms with van der Waals surface area (Å²) in [7, 11) is 1.34. The van der Waals surface area contributed by atoms with Crippen LogP contribution in [0.25, 0.3) is 17.2 Å². The lowest BCUT2D eigenvalue weighted by Gasteiger charge is -2.08. The van der Waals surface area contributed by atoms with Crippen molar-refractivity contribution in [3.63, 3.8) is 0 Å². The Morgan fingerprint density at radius 2 is 1.32 bits per heavy atom. The second-order valence-corrected chi connectivity index (χ2v) is 6.99. The molecule has 0 saturated heterocycles. The van der Waals surface area contributed by atoms with Crippen molar-refractivity contribution in [2.45, 2.75) is 6.18 Å². The van der Waals surface area contributed by atoms with E-state index in [2.05, 4.69) is 0 Å². The van der Waals surface area contributed by atoms with E-state index < -0.39 is 20.8 Å². The second kappa shape index (κ2) is 6.14. The number of alkyl halides is 3. The minimum atomic E-state index is -4.36. The maximum Gasteiger partial charge on any atom is 0.416 e. The summed E-state index contributed by atoms with van der Waals surface area (Å²) in [6.07, 6.45) is -3.03. The first-order valence-electron chi connectivity index (χ1n) is 6.06. The maximum absolute atomic E-state index is 12.5. The van der Waals surface area contributed by atoms with Crippen LogP contribution in [0.2, 0.25) is 0 Å². The fraction of sp³-hybridized carbons (Fsp3) is 0.0667. The number of rotatable bonds is 3. The third-order valence-corrected chi connectivity index (χ3v) is 3.65. The highest BCUT2D eigenvalue weighted by Crippen LogP contribution is 2.31. The van der Waals surface area contributed by atoms with E-state index in [4.69, 9.17) is 10.7 Å². The summed E-state index contributed by atoms with van der Waals surface area (Å²) in [5.74, 6) is 0. The summed E-state index contributed by atoms with van der Waals surface area (Å²) in [5.41, 5.74) is 1.26. The average molecular weight is 347 g/mol. The van der Waals surface area contributed by atoms with E-state index in [1.54, 1.807) is 24.3 Å². The Morgan fingerprint density at radius 3 is 1.73 bits per heavy atom. The molecule has 0 unspecified atom stereocenters. The van der Waals surface area contributed by atoms with Crippen molar-refractivity contribution in [2.75, 3.05) is 0 Å². The topological polar surface area (TPSA) is 34.1 Å². The highest BCUT2D eigenvalue weighted by Gasteiger charge is 2.29. The summed E-state index contributed by atoms with van der Waals surface area (Å²) in [5, 5.41) is 0.863. The van der Waals surface area contributed by atoms with E-state index in [1.165, 1.54) is 18.2 Å². The second-order valence-electron chi connectivity index (χ2n) is 4.48. The molecule has 0 aliphatic rings. The van der Waals surface area contributed by atoms with E-state index in [1.807, 2.05) is 0 Å². The Balaban J connectivity index is 2.22. The molecular weight excluding hydrogens is 337 g/mol. The molecule has 2 rings (SSSR count). The molecule has 0 heterocycles. The van der Waals surface area contributed by atoms with Gasteiger partial charge in [0.2, 0.25) is 0 Å². The first-order chi connectivity index (χ1) is 10.1. The smallest absolute Gasteiger partial charge is 0.208 e. The van der Waals surface area contributed by atoms with Gasteiger partial charge in [0.15, 0.2) is 0 Å². The number of benzene rings is 2. The normalized spacial score (nSPS) is 12.7. The molecule has 0 amide bonds. The van der Waals surface area contributed by atoms with Gasteiger partial charge in [-0.3, -0.25) is 0 Å². The van der Waals surface area contributed by atoms with Crippen LogP contribution >= 0.6 is 10.7 Å². The van der Waals surface area contributed by atoms with Crippen LogP contribution in [0, 0.1) is 0 Å². The third-order valence-electron chi connectivity index (χ3n) is 2.88. The van der Waals surface area contributed by atoms with Crippen molar-refractivity contribution in [2.24, 2.45) is 0 Å². The molecule has 116 valence electrons. The van der Waals surface area contributed by atoms with Gasteiger partial charge in [0, 0.05) is 16.1 Å². The Hall–Kier alpha value is -1.79. The van der Waals surface area contributed by atoms with Gasteiger partial charge in [-0.05, 0) is 34.9 Å². The standard InChI is InChI=1S/C15H10ClF3O2S/c16-22(20,21)10-9-11-1-3-12(4-2-11)13-5-7-14(8-6-13)15(17,18)19/h1-10H/b10-9+. The number of hydrogen-bond acceptors (Lipinski definition) is 2. The highest BCUT2D eigenvalue weighted by molar-refractivity contribution is 8.16. The van der Waals surface area contributed by atoms with Crippen LogP contribution in [0.5, 0.6) is 0 Å². The van der Waals surface area contributed by atoms with Gasteiger partial charge in [0.05, 0.1) is 5.56 Å². The van der Waals surface area contributed by atoms with Crippen LogP contribution in [0.1, 0.15) is 11.1 Å². The van der Waals surface area contributed by atoms with E-state index in [0.717, 1.165) is 23.1 Å². The van der Waals surface area contributed by atoms with Gasteiger partial charge < -0.3 is 0 Å². The molecule has 0 aromatic heterocycles. The van der Waals surface area contributed by atoms with Crippen LogP contribution in [0.15, 0.2) is 53.9 Å². The lowest BCUT2D eigenvalue weighted by atomic mass is 10.0. The molecule has 0 saturated carbocycles. The molecule has 0 spiro atoms. The van der Waals surface area contributed by atoms with Gasteiger partial charge in [0.1, 0.15) is 0 Å². The first kappa shape index (κ1) is 16.6. The predicted octanol–water partition coefficient (Wildman–Crippen LogP) is 4.91. The quantitative estimate of drug-likeness (QED) is 0.740. The molecule has 2 nitrogen and oxygen atoms in total. The summed E-state index contributed by atoms with van der Waals surface area (Å²) in [6.45, 7) is 0. The van der Waals surface area contributed by atoms with Gasteiger partial charge in [0.25, 0.3) is 9.05 Å². The highest BCUT2D eigenvalue weighted by atomic mass is 35.7. The molecule has 2 aromatic carbocycles. The van der Waals surface area contributed by atoms with E-state index in [9.17, 15) is 21.6 Å². The Kier molecular flexibility index (Phi) is 4.63. The summed E-state index contributed by atoms with van der Waals surface area (Å²) in [4.78, 5) is 0. The van der Waals surface area contributed by atoms with Gasteiger partial charge in [-0.15, -0.1) is 0 Å². The largest absolute Gasteiger partial charge is 0.416 e. The maximum atomic E-state index is 12.5.